The summed E-state index contributed by atoms with van der Waals surface area (Å²) in [5.74, 6) is -0.437. The molecule has 154 valence electrons. The molecule has 9 heteroatoms. The van der Waals surface area contributed by atoms with Gasteiger partial charge in [-0.05, 0) is 31.9 Å². The molecule has 0 fully saturated rings. The second-order valence-corrected chi connectivity index (χ2v) is 7.54. The normalized spacial score (nSPS) is 12.5. The first-order valence-corrected chi connectivity index (χ1v) is 9.79. The highest BCUT2D eigenvalue weighted by molar-refractivity contribution is 6.32. The minimum atomic E-state index is -0.780. The minimum absolute atomic E-state index is 0.0522. The number of carbonyl (C=O) groups is 1. The van der Waals surface area contributed by atoms with Gasteiger partial charge in [-0.25, -0.2) is 19.1 Å². The topological polar surface area (TPSA) is 88.1 Å². The molecule has 0 spiro atoms. The van der Waals surface area contributed by atoms with Crippen LogP contribution in [0.5, 0.6) is 0 Å². The number of nitrogens with zero attached hydrogens (tertiary/aromatic N) is 4. The predicted octanol–water partition coefficient (Wildman–Crippen LogP) is 2.78. The maximum absolute atomic E-state index is 13.2. The molecule has 29 heavy (non-hydrogen) atoms. The van der Waals surface area contributed by atoms with Gasteiger partial charge in [-0.3, -0.25) is 9.36 Å². The van der Waals surface area contributed by atoms with Crippen LogP contribution in [0.3, 0.4) is 0 Å². The molecular weight excluding hydrogens is 396 g/mol. The van der Waals surface area contributed by atoms with Crippen LogP contribution in [0.4, 0.5) is 0 Å². The fraction of sp³-hybridized carbons (Fsp3) is 0.400. The number of carbonyl (C=O) groups excluding carboxylic acids is 1. The van der Waals surface area contributed by atoms with Crippen molar-refractivity contribution in [3.63, 3.8) is 0 Å². The van der Waals surface area contributed by atoms with E-state index in [0.717, 1.165) is 4.57 Å². The summed E-state index contributed by atoms with van der Waals surface area (Å²) in [5.41, 5.74) is -0.334. The van der Waals surface area contributed by atoms with E-state index in [1.165, 1.54) is 15.5 Å². The first-order valence-electron chi connectivity index (χ1n) is 9.41. The lowest BCUT2D eigenvalue weighted by Gasteiger charge is -2.16. The van der Waals surface area contributed by atoms with Gasteiger partial charge in [0.05, 0.1) is 23.6 Å². The van der Waals surface area contributed by atoms with Crippen LogP contribution in [0, 0.1) is 5.92 Å². The smallest absolute Gasteiger partial charge is 0.337 e. The molecule has 0 bridgehead atoms. The Kier molecular flexibility index (Phi) is 5.93. The molecule has 0 aliphatic heterocycles. The Morgan fingerprint density at radius 2 is 1.90 bits per heavy atom. The van der Waals surface area contributed by atoms with E-state index in [4.69, 9.17) is 16.3 Å². The number of aromatic nitrogens is 4. The fourth-order valence-corrected chi connectivity index (χ4v) is 3.41. The van der Waals surface area contributed by atoms with Crippen molar-refractivity contribution in [2.45, 2.75) is 40.3 Å². The van der Waals surface area contributed by atoms with E-state index >= 15 is 0 Å². The van der Waals surface area contributed by atoms with Gasteiger partial charge in [-0.2, -0.15) is 0 Å². The lowest BCUT2D eigenvalue weighted by atomic mass is 10.2. The Morgan fingerprint density at radius 1 is 1.21 bits per heavy atom. The second-order valence-electron chi connectivity index (χ2n) is 7.13. The molecule has 2 aromatic heterocycles. The van der Waals surface area contributed by atoms with Crippen molar-refractivity contribution in [1.29, 1.82) is 0 Å². The Balaban J connectivity index is 2.40. The van der Waals surface area contributed by atoms with Crippen LogP contribution in [0.25, 0.3) is 16.9 Å². The number of fused-ring (bicyclic) bond motifs is 1. The Bertz CT molecular complexity index is 1180. The van der Waals surface area contributed by atoms with Gasteiger partial charge in [0.25, 0.3) is 5.56 Å². The number of halogens is 1. The molecule has 8 nitrogen and oxygen atoms in total. The summed E-state index contributed by atoms with van der Waals surface area (Å²) in [6.45, 7) is 7.59. The average Bonchev–Trinajstić information content (AvgIpc) is 3.11. The number of rotatable bonds is 6. The van der Waals surface area contributed by atoms with Crippen LogP contribution < -0.4 is 11.2 Å². The number of esters is 1. The molecule has 0 aliphatic rings. The summed E-state index contributed by atoms with van der Waals surface area (Å²) in [6, 6.07) is 6.05. The second kappa shape index (κ2) is 8.24. The number of para-hydroxylation sites is 1. The quantitative estimate of drug-likeness (QED) is 0.574. The summed E-state index contributed by atoms with van der Waals surface area (Å²) in [7, 11) is 0. The van der Waals surface area contributed by atoms with Crippen molar-refractivity contribution in [2.24, 2.45) is 5.92 Å². The molecule has 0 saturated heterocycles. The SMILES string of the molecule is CCOC(=O)[C@H](C)n1cnc2c1c(=O)n(CC(C)C)c(=O)n2-c1ccccc1Cl. The zero-order valence-electron chi connectivity index (χ0n) is 16.8. The van der Waals surface area contributed by atoms with Gasteiger partial charge in [0.2, 0.25) is 0 Å². The standard InChI is InChI=1S/C20H23ClN4O4/c1-5-29-19(27)13(4)24-11-22-17-16(24)18(26)23(10-12(2)3)20(28)25(17)15-9-7-6-8-14(15)21/h6-9,11-13H,5,10H2,1-4H3/t13-/m0/s1. The molecule has 3 rings (SSSR count). The lowest BCUT2D eigenvalue weighted by molar-refractivity contribution is -0.146. The van der Waals surface area contributed by atoms with E-state index in [-0.39, 0.29) is 30.2 Å². The van der Waals surface area contributed by atoms with Crippen LogP contribution in [0.15, 0.2) is 40.2 Å². The number of ether oxygens (including phenoxy) is 1. The zero-order chi connectivity index (χ0) is 21.3. The van der Waals surface area contributed by atoms with Crippen molar-refractivity contribution in [1.82, 2.24) is 18.7 Å². The highest BCUT2D eigenvalue weighted by atomic mass is 35.5. The van der Waals surface area contributed by atoms with E-state index < -0.39 is 23.3 Å². The molecule has 0 saturated carbocycles. The molecule has 1 aromatic carbocycles. The van der Waals surface area contributed by atoms with Crippen LogP contribution >= 0.6 is 11.6 Å². The first kappa shape index (κ1) is 20.9. The number of imidazole rings is 1. The third-order valence-corrected chi connectivity index (χ3v) is 4.86. The van der Waals surface area contributed by atoms with Crippen LogP contribution in [0.1, 0.15) is 33.7 Å². The average molecular weight is 419 g/mol. The summed E-state index contributed by atoms with van der Waals surface area (Å²) >= 11 is 6.33. The van der Waals surface area contributed by atoms with Crippen LogP contribution in [0.2, 0.25) is 5.02 Å². The summed E-state index contributed by atoms with van der Waals surface area (Å²) < 4.78 is 9.00. The molecule has 1 atom stereocenters. The minimum Gasteiger partial charge on any atom is -0.464 e. The molecule has 0 unspecified atom stereocenters. The largest absolute Gasteiger partial charge is 0.464 e. The van der Waals surface area contributed by atoms with Crippen LogP contribution in [-0.4, -0.2) is 31.3 Å². The van der Waals surface area contributed by atoms with E-state index in [0.29, 0.717) is 10.7 Å². The van der Waals surface area contributed by atoms with Crippen molar-refractivity contribution < 1.29 is 9.53 Å². The van der Waals surface area contributed by atoms with E-state index in [1.54, 1.807) is 38.1 Å². The highest BCUT2D eigenvalue weighted by Crippen LogP contribution is 2.22. The maximum Gasteiger partial charge on any atom is 0.337 e. The maximum atomic E-state index is 13.2. The molecule has 0 radical (unpaired) electrons. The van der Waals surface area contributed by atoms with E-state index in [9.17, 15) is 14.4 Å². The molecule has 0 amide bonds. The molecular formula is C20H23ClN4O4. The van der Waals surface area contributed by atoms with Gasteiger partial charge < -0.3 is 9.30 Å². The summed E-state index contributed by atoms with van der Waals surface area (Å²) in [5, 5.41) is 0.346. The van der Waals surface area contributed by atoms with Gasteiger partial charge in [-0.1, -0.05) is 37.6 Å². The van der Waals surface area contributed by atoms with E-state index in [1.807, 2.05) is 13.8 Å². The van der Waals surface area contributed by atoms with Gasteiger partial charge in [0.1, 0.15) is 6.04 Å². The first-order chi connectivity index (χ1) is 13.8. The predicted molar refractivity (Wildman–Crippen MR) is 111 cm³/mol. The molecule has 0 aliphatic carbocycles. The monoisotopic (exact) mass is 418 g/mol. The Labute approximate surface area is 172 Å². The Hall–Kier alpha value is -2.87. The van der Waals surface area contributed by atoms with Crippen molar-refractivity contribution in [3.05, 3.63) is 56.5 Å². The summed E-state index contributed by atoms with van der Waals surface area (Å²) in [6.07, 6.45) is 1.38. The van der Waals surface area contributed by atoms with Gasteiger partial charge in [-0.15, -0.1) is 0 Å². The van der Waals surface area contributed by atoms with E-state index in [2.05, 4.69) is 4.98 Å². The Morgan fingerprint density at radius 3 is 2.52 bits per heavy atom. The number of benzene rings is 1. The van der Waals surface area contributed by atoms with Crippen molar-refractivity contribution in [3.8, 4) is 5.69 Å². The number of hydrogen-bond acceptors (Lipinski definition) is 5. The number of hydrogen-bond donors (Lipinski definition) is 0. The molecule has 3 aromatic rings. The van der Waals surface area contributed by atoms with Gasteiger partial charge in [0.15, 0.2) is 11.2 Å². The third kappa shape index (κ3) is 3.72. The zero-order valence-corrected chi connectivity index (χ0v) is 17.5. The highest BCUT2D eigenvalue weighted by Gasteiger charge is 2.25. The van der Waals surface area contributed by atoms with Gasteiger partial charge in [0, 0.05) is 6.54 Å². The van der Waals surface area contributed by atoms with Crippen LogP contribution in [-0.2, 0) is 16.1 Å². The van der Waals surface area contributed by atoms with Gasteiger partial charge >= 0.3 is 11.7 Å². The van der Waals surface area contributed by atoms with Crippen molar-refractivity contribution in [2.75, 3.05) is 6.61 Å². The fourth-order valence-electron chi connectivity index (χ4n) is 3.19. The molecule has 2 heterocycles. The van der Waals surface area contributed by atoms with Crippen molar-refractivity contribution >= 4 is 28.7 Å². The lowest BCUT2D eigenvalue weighted by Crippen LogP contribution is -2.41. The summed E-state index contributed by atoms with van der Waals surface area (Å²) in [4.78, 5) is 43.0. The molecule has 0 N–H and O–H groups in total. The third-order valence-electron chi connectivity index (χ3n) is 4.54.